The van der Waals surface area contributed by atoms with Gasteiger partial charge < -0.3 is 15.1 Å². The summed E-state index contributed by atoms with van der Waals surface area (Å²) >= 11 is 0. The Hall–Kier alpha value is -1.60. The van der Waals surface area contributed by atoms with E-state index in [0.29, 0.717) is 25.6 Å². The number of hydrogen-bond donors (Lipinski definition) is 1. The molecule has 3 heterocycles. The molecular weight excluding hydrogens is 367 g/mol. The van der Waals surface area contributed by atoms with E-state index in [1.165, 1.54) is 5.56 Å². The van der Waals surface area contributed by atoms with Crippen LogP contribution in [0.15, 0.2) is 18.2 Å². The van der Waals surface area contributed by atoms with Crippen molar-refractivity contribution >= 4 is 5.91 Å². The molecule has 1 unspecified atom stereocenters. The first kappa shape index (κ1) is 19.7. The van der Waals surface area contributed by atoms with Crippen molar-refractivity contribution < 1.29 is 18.0 Å². The van der Waals surface area contributed by atoms with Crippen LogP contribution in [0.3, 0.4) is 0 Å². The van der Waals surface area contributed by atoms with Crippen LogP contribution in [0, 0.1) is 0 Å². The van der Waals surface area contributed by atoms with Crippen LogP contribution < -0.4 is 5.32 Å². The predicted octanol–water partition coefficient (Wildman–Crippen LogP) is 3.53. The molecule has 2 fully saturated rings. The van der Waals surface area contributed by atoms with Gasteiger partial charge in [-0.3, -0.25) is 4.79 Å². The average Bonchev–Trinajstić information content (AvgIpc) is 3.03. The number of amides is 1. The molecule has 0 radical (unpaired) electrons. The summed E-state index contributed by atoms with van der Waals surface area (Å²) in [7, 11) is 0. The van der Waals surface area contributed by atoms with Crippen molar-refractivity contribution in [2.45, 2.75) is 56.8 Å². The Bertz CT molecular complexity index is 707. The number of hydrogen-bond acceptors (Lipinski definition) is 3. The smallest absolute Gasteiger partial charge is 0.330 e. The van der Waals surface area contributed by atoms with Gasteiger partial charge in [0, 0.05) is 31.2 Å². The molecule has 2 saturated heterocycles. The predicted molar refractivity (Wildman–Crippen MR) is 101 cm³/mol. The van der Waals surface area contributed by atoms with Crippen LogP contribution in [0.4, 0.5) is 13.2 Å². The number of carbonyl (C=O) groups excluding carboxylic acids is 1. The van der Waals surface area contributed by atoms with Crippen molar-refractivity contribution in [3.8, 4) is 0 Å². The number of nitrogens with zero attached hydrogens (tertiary/aromatic N) is 2. The molecule has 1 N–H and O–H groups in total. The van der Waals surface area contributed by atoms with Crippen LogP contribution in [0.1, 0.15) is 59.5 Å². The molecule has 0 aliphatic carbocycles. The van der Waals surface area contributed by atoms with Crippen LogP contribution in [0.5, 0.6) is 0 Å². The van der Waals surface area contributed by atoms with E-state index >= 15 is 0 Å². The summed E-state index contributed by atoms with van der Waals surface area (Å²) in [5.74, 6) is 0.505. The average molecular weight is 395 g/mol. The lowest BCUT2D eigenvalue weighted by Gasteiger charge is -2.32. The van der Waals surface area contributed by atoms with E-state index in [4.69, 9.17) is 0 Å². The lowest BCUT2D eigenvalue weighted by Crippen LogP contribution is -2.46. The number of carbonyl (C=O) groups is 1. The summed E-state index contributed by atoms with van der Waals surface area (Å²) in [5.41, 5.74) is 3.15. The molecule has 0 bridgehead atoms. The van der Waals surface area contributed by atoms with E-state index in [-0.39, 0.29) is 18.5 Å². The standard InChI is InChI=1S/C21H28F3N3O/c22-21(23,24)7-11-26-9-5-15(6-10-26)16-3-4-19-17(12-16)14-27(20(19)28)18-2-1-8-25-13-18/h3-4,12,15,18,25H,1-2,5-11,13-14H2. The minimum absolute atomic E-state index is 0.0965. The molecule has 28 heavy (non-hydrogen) atoms. The first-order chi connectivity index (χ1) is 13.4. The molecule has 3 aliphatic heterocycles. The van der Waals surface area contributed by atoms with Crippen molar-refractivity contribution in [2.24, 2.45) is 0 Å². The highest BCUT2D eigenvalue weighted by Crippen LogP contribution is 2.33. The molecule has 1 aromatic rings. The van der Waals surface area contributed by atoms with E-state index in [1.54, 1.807) is 0 Å². The normalized spacial score (nSPS) is 24.6. The number of alkyl halides is 3. The Labute approximate surface area is 164 Å². The Morgan fingerprint density at radius 1 is 1.14 bits per heavy atom. The maximum absolute atomic E-state index is 12.8. The van der Waals surface area contributed by atoms with Gasteiger partial charge in [-0.15, -0.1) is 0 Å². The minimum Gasteiger partial charge on any atom is -0.330 e. The Balaban J connectivity index is 1.36. The highest BCUT2D eigenvalue weighted by atomic mass is 19.4. The van der Waals surface area contributed by atoms with Crippen molar-refractivity contribution in [3.05, 3.63) is 34.9 Å². The van der Waals surface area contributed by atoms with Crippen LogP contribution >= 0.6 is 0 Å². The molecule has 1 amide bonds. The fourth-order valence-corrected chi connectivity index (χ4v) is 4.79. The first-order valence-corrected chi connectivity index (χ1v) is 10.3. The van der Waals surface area contributed by atoms with Crippen molar-refractivity contribution in [3.63, 3.8) is 0 Å². The number of fused-ring (bicyclic) bond motifs is 1. The lowest BCUT2D eigenvalue weighted by molar-refractivity contribution is -0.138. The van der Waals surface area contributed by atoms with E-state index in [9.17, 15) is 18.0 Å². The third kappa shape index (κ3) is 4.35. The molecule has 154 valence electrons. The van der Waals surface area contributed by atoms with Gasteiger partial charge in [0.1, 0.15) is 0 Å². The molecule has 1 aromatic carbocycles. The maximum Gasteiger partial charge on any atom is 0.390 e. The number of benzene rings is 1. The molecule has 4 rings (SSSR count). The zero-order chi connectivity index (χ0) is 19.7. The molecule has 3 aliphatic rings. The Kier molecular flexibility index (Phi) is 5.65. The summed E-state index contributed by atoms with van der Waals surface area (Å²) in [6.45, 7) is 4.08. The van der Waals surface area contributed by atoms with Crippen molar-refractivity contribution in [2.75, 3.05) is 32.7 Å². The van der Waals surface area contributed by atoms with Gasteiger partial charge in [-0.05, 0) is 68.4 Å². The monoisotopic (exact) mass is 395 g/mol. The quantitative estimate of drug-likeness (QED) is 0.847. The largest absolute Gasteiger partial charge is 0.390 e. The molecule has 1 atom stereocenters. The van der Waals surface area contributed by atoms with E-state index in [1.807, 2.05) is 15.9 Å². The number of nitrogens with one attached hydrogen (secondary N) is 1. The molecule has 0 saturated carbocycles. The highest BCUT2D eigenvalue weighted by Gasteiger charge is 2.34. The first-order valence-electron chi connectivity index (χ1n) is 10.3. The van der Waals surface area contributed by atoms with E-state index in [2.05, 4.69) is 17.4 Å². The molecule has 4 nitrogen and oxygen atoms in total. The Morgan fingerprint density at radius 2 is 1.93 bits per heavy atom. The molecular formula is C21H28F3N3O. The van der Waals surface area contributed by atoms with E-state index in [0.717, 1.165) is 49.9 Å². The SMILES string of the molecule is O=C1c2ccc(C3CCN(CCC(F)(F)F)CC3)cc2CN1C1CCCNC1. The molecule has 0 spiro atoms. The lowest BCUT2D eigenvalue weighted by atomic mass is 9.88. The Morgan fingerprint density at radius 3 is 2.61 bits per heavy atom. The van der Waals surface area contributed by atoms with Gasteiger partial charge >= 0.3 is 6.18 Å². The summed E-state index contributed by atoms with van der Waals surface area (Å²) < 4.78 is 37.2. The van der Waals surface area contributed by atoms with Gasteiger partial charge in [-0.2, -0.15) is 13.2 Å². The molecule has 7 heteroatoms. The number of piperidine rings is 2. The topological polar surface area (TPSA) is 35.6 Å². The fourth-order valence-electron chi connectivity index (χ4n) is 4.79. The van der Waals surface area contributed by atoms with Crippen LogP contribution in [0.25, 0.3) is 0 Å². The summed E-state index contributed by atoms with van der Waals surface area (Å²) in [6.07, 6.45) is -0.909. The van der Waals surface area contributed by atoms with Gasteiger partial charge in [0.15, 0.2) is 0 Å². The van der Waals surface area contributed by atoms with Crippen LogP contribution in [0.2, 0.25) is 0 Å². The van der Waals surface area contributed by atoms with Gasteiger partial charge in [-0.1, -0.05) is 12.1 Å². The zero-order valence-electron chi connectivity index (χ0n) is 16.1. The van der Waals surface area contributed by atoms with E-state index < -0.39 is 12.6 Å². The maximum atomic E-state index is 12.8. The van der Waals surface area contributed by atoms with Gasteiger partial charge in [0.2, 0.25) is 0 Å². The second-order valence-electron chi connectivity index (χ2n) is 8.33. The van der Waals surface area contributed by atoms with Crippen molar-refractivity contribution in [1.82, 2.24) is 15.1 Å². The van der Waals surface area contributed by atoms with Gasteiger partial charge in [-0.25, -0.2) is 0 Å². The summed E-state index contributed by atoms with van der Waals surface area (Å²) in [6, 6.07) is 6.45. The summed E-state index contributed by atoms with van der Waals surface area (Å²) in [5, 5.41) is 3.38. The minimum atomic E-state index is -4.08. The second-order valence-corrected chi connectivity index (χ2v) is 8.33. The van der Waals surface area contributed by atoms with Gasteiger partial charge in [0.25, 0.3) is 5.91 Å². The van der Waals surface area contributed by atoms with Crippen molar-refractivity contribution in [1.29, 1.82) is 0 Å². The summed E-state index contributed by atoms with van der Waals surface area (Å²) in [4.78, 5) is 16.7. The highest BCUT2D eigenvalue weighted by molar-refractivity contribution is 5.98. The number of halogens is 3. The zero-order valence-corrected chi connectivity index (χ0v) is 16.1. The second kappa shape index (κ2) is 8.03. The van der Waals surface area contributed by atoms with Gasteiger partial charge in [0.05, 0.1) is 6.42 Å². The third-order valence-corrected chi connectivity index (χ3v) is 6.44. The molecule has 0 aromatic heterocycles. The van der Waals surface area contributed by atoms with Crippen LogP contribution in [-0.2, 0) is 6.54 Å². The fraction of sp³-hybridized carbons (Fsp3) is 0.667. The van der Waals surface area contributed by atoms with Crippen LogP contribution in [-0.4, -0.2) is 60.6 Å². The number of rotatable bonds is 4. The third-order valence-electron chi connectivity index (χ3n) is 6.44. The number of likely N-dealkylation sites (tertiary alicyclic amines) is 1.